The zero-order chi connectivity index (χ0) is 35.1. The van der Waals surface area contributed by atoms with Gasteiger partial charge < -0.3 is 34.2 Å². The SMILES string of the molecule is CN(C)Cc1cc2cc(c1O)Oc1ccc(cc1)CC1(C)c3c(c(CN(C)C)c(O)c4c3Oc3cc5c(cc3O4)CCN(C)C5C2)CCN1C. The highest BCUT2D eigenvalue weighted by Gasteiger charge is 2.45. The highest BCUT2D eigenvalue weighted by molar-refractivity contribution is 5.71. The molecular weight excluding hydrogens is 628 g/mol. The monoisotopic (exact) mass is 676 g/mol. The van der Waals surface area contributed by atoms with Crippen molar-refractivity contribution >= 4 is 0 Å². The molecule has 5 aliphatic rings. The van der Waals surface area contributed by atoms with E-state index in [4.69, 9.17) is 14.2 Å². The van der Waals surface area contributed by atoms with E-state index in [2.05, 4.69) is 71.0 Å². The van der Waals surface area contributed by atoms with Crippen LogP contribution in [0.5, 0.6) is 46.0 Å². The molecular formula is C41H48N4O5. The Kier molecular flexibility index (Phi) is 8.02. The molecule has 9 nitrogen and oxygen atoms in total. The lowest BCUT2D eigenvalue weighted by Gasteiger charge is -2.47. The number of aromatic hydroxyl groups is 2. The number of fused-ring (bicyclic) bond motifs is 2. The molecule has 0 saturated carbocycles. The summed E-state index contributed by atoms with van der Waals surface area (Å²) in [5.74, 6) is 3.80. The third-order valence-corrected chi connectivity index (χ3v) is 11.2. The van der Waals surface area contributed by atoms with E-state index in [1.807, 2.05) is 46.4 Å². The van der Waals surface area contributed by atoms with Crippen LogP contribution in [0.15, 0.2) is 48.5 Å². The second-order valence-corrected chi connectivity index (χ2v) is 15.4. The molecule has 262 valence electrons. The van der Waals surface area contributed by atoms with Crippen LogP contribution < -0.4 is 14.2 Å². The van der Waals surface area contributed by atoms with Gasteiger partial charge in [-0.2, -0.15) is 0 Å². The Morgan fingerprint density at radius 2 is 1.50 bits per heavy atom. The summed E-state index contributed by atoms with van der Waals surface area (Å²) in [6.07, 6.45) is 3.10. The van der Waals surface area contributed by atoms with E-state index in [0.717, 1.165) is 65.7 Å². The lowest BCUT2D eigenvalue weighted by molar-refractivity contribution is 0.117. The van der Waals surface area contributed by atoms with E-state index in [1.165, 1.54) is 11.1 Å². The summed E-state index contributed by atoms with van der Waals surface area (Å²) in [6.45, 7) is 5.18. The Hall–Kier alpha value is -4.28. The van der Waals surface area contributed by atoms with Crippen LogP contribution in [0, 0.1) is 0 Å². The Labute approximate surface area is 295 Å². The topological polar surface area (TPSA) is 81.1 Å². The second-order valence-electron chi connectivity index (χ2n) is 15.4. The third-order valence-electron chi connectivity index (χ3n) is 11.2. The number of hydrogen-bond donors (Lipinski definition) is 2. The fourth-order valence-electron chi connectivity index (χ4n) is 8.54. The van der Waals surface area contributed by atoms with Gasteiger partial charge in [-0.15, -0.1) is 0 Å². The largest absolute Gasteiger partial charge is 0.504 e. The molecule has 5 aliphatic heterocycles. The van der Waals surface area contributed by atoms with Crippen molar-refractivity contribution in [3.8, 4) is 46.0 Å². The molecule has 9 rings (SSSR count). The molecule has 0 amide bonds. The second kappa shape index (κ2) is 12.2. The number of hydrogen-bond acceptors (Lipinski definition) is 9. The summed E-state index contributed by atoms with van der Waals surface area (Å²) in [5.41, 5.74) is 8.11. The minimum atomic E-state index is -0.467. The molecule has 2 atom stereocenters. The molecule has 0 aliphatic carbocycles. The molecule has 0 aromatic heterocycles. The highest BCUT2D eigenvalue weighted by atomic mass is 16.6. The number of ether oxygens (including phenoxy) is 3. The molecule has 4 aromatic rings. The van der Waals surface area contributed by atoms with Crippen LogP contribution >= 0.6 is 0 Å². The lowest BCUT2D eigenvalue weighted by Crippen LogP contribution is -2.48. The summed E-state index contributed by atoms with van der Waals surface area (Å²) in [4.78, 5) is 8.96. The number of nitrogens with zero attached hydrogens (tertiary/aromatic N) is 4. The Balaban J connectivity index is 1.36. The minimum Gasteiger partial charge on any atom is -0.504 e. The van der Waals surface area contributed by atoms with E-state index in [-0.39, 0.29) is 17.5 Å². The standard InChI is InChI=1S/C41H48N4O5/c1-41-21-24-8-10-28(11-9-24)48-35-18-25(16-27(37(35)46)22-42(2)3)17-32-30-20-34-33(19-26(30)12-14-44(32)6)50-40-38(47)31(23-43(4)5)29(13-15-45(41)7)36(41)39(40)49-34/h8-11,16,18-20,32,46-47H,12-15,17,21-23H2,1-7H3. The van der Waals surface area contributed by atoms with Crippen LogP contribution in [0.25, 0.3) is 0 Å². The molecule has 9 heteroatoms. The summed E-state index contributed by atoms with van der Waals surface area (Å²) >= 11 is 0. The highest BCUT2D eigenvalue weighted by Crippen LogP contribution is 2.59. The van der Waals surface area contributed by atoms with E-state index < -0.39 is 5.54 Å². The van der Waals surface area contributed by atoms with Crippen molar-refractivity contribution in [1.82, 2.24) is 19.6 Å². The average molecular weight is 677 g/mol. The first-order valence-corrected chi connectivity index (χ1v) is 17.7. The van der Waals surface area contributed by atoms with Crippen LogP contribution in [-0.2, 0) is 44.3 Å². The third kappa shape index (κ3) is 5.48. The van der Waals surface area contributed by atoms with Gasteiger partial charge in [-0.3, -0.25) is 9.80 Å². The average Bonchev–Trinajstić information content (AvgIpc) is 3.06. The summed E-state index contributed by atoms with van der Waals surface area (Å²) in [6, 6.07) is 16.6. The van der Waals surface area contributed by atoms with Crippen molar-refractivity contribution in [2.75, 3.05) is 55.4 Å². The maximum atomic E-state index is 11.9. The first kappa shape index (κ1) is 32.9. The molecule has 50 heavy (non-hydrogen) atoms. The Morgan fingerprint density at radius 3 is 2.24 bits per heavy atom. The van der Waals surface area contributed by atoms with Crippen LogP contribution in [0.1, 0.15) is 57.5 Å². The van der Waals surface area contributed by atoms with Crippen LogP contribution in [0.4, 0.5) is 0 Å². The zero-order valence-electron chi connectivity index (χ0n) is 30.3. The minimum absolute atomic E-state index is 0.0676. The number of rotatable bonds is 4. The first-order chi connectivity index (χ1) is 23.9. The van der Waals surface area contributed by atoms with Crippen LogP contribution in [-0.4, -0.2) is 85.2 Å². The van der Waals surface area contributed by atoms with Gasteiger partial charge in [0.25, 0.3) is 0 Å². The number of benzene rings is 4. The van der Waals surface area contributed by atoms with Gasteiger partial charge in [0, 0.05) is 48.9 Å². The van der Waals surface area contributed by atoms with E-state index in [9.17, 15) is 10.2 Å². The van der Waals surface area contributed by atoms with Gasteiger partial charge in [0.2, 0.25) is 5.75 Å². The van der Waals surface area contributed by atoms with Gasteiger partial charge in [-0.05, 0) is 133 Å². The van der Waals surface area contributed by atoms with Gasteiger partial charge in [-0.1, -0.05) is 18.2 Å². The van der Waals surface area contributed by atoms with E-state index in [0.29, 0.717) is 54.0 Å². The number of phenolic OH excluding ortho intramolecular Hbond substituents is 2. The quantitative estimate of drug-likeness (QED) is 0.210. The Morgan fingerprint density at radius 1 is 0.780 bits per heavy atom. The van der Waals surface area contributed by atoms with Gasteiger partial charge in [0.1, 0.15) is 5.75 Å². The van der Waals surface area contributed by atoms with Crippen molar-refractivity contribution in [2.24, 2.45) is 0 Å². The molecule has 0 radical (unpaired) electrons. The van der Waals surface area contributed by atoms with Crippen LogP contribution in [0.3, 0.4) is 0 Å². The maximum absolute atomic E-state index is 11.9. The van der Waals surface area contributed by atoms with Crippen LogP contribution in [0.2, 0.25) is 0 Å². The number of likely N-dealkylation sites (N-methyl/N-ethyl adjacent to an activating group) is 2. The fourth-order valence-corrected chi connectivity index (χ4v) is 8.54. The zero-order valence-corrected chi connectivity index (χ0v) is 30.3. The van der Waals surface area contributed by atoms with Crippen molar-refractivity contribution in [3.05, 3.63) is 93.0 Å². The van der Waals surface area contributed by atoms with Crippen molar-refractivity contribution < 1.29 is 24.4 Å². The molecule has 7 bridgehead atoms. The molecule has 2 N–H and O–H groups in total. The summed E-state index contributed by atoms with van der Waals surface area (Å²) in [5, 5.41) is 23.3. The smallest absolute Gasteiger partial charge is 0.212 e. The predicted octanol–water partition coefficient (Wildman–Crippen LogP) is 6.94. The molecule has 2 unspecified atom stereocenters. The van der Waals surface area contributed by atoms with E-state index in [1.54, 1.807) is 0 Å². The van der Waals surface area contributed by atoms with Gasteiger partial charge >= 0.3 is 0 Å². The van der Waals surface area contributed by atoms with Gasteiger partial charge in [0.15, 0.2) is 34.5 Å². The number of phenols is 2. The van der Waals surface area contributed by atoms with Crippen molar-refractivity contribution in [2.45, 2.75) is 57.3 Å². The van der Waals surface area contributed by atoms with Crippen molar-refractivity contribution in [1.29, 1.82) is 0 Å². The molecule has 4 aromatic carbocycles. The van der Waals surface area contributed by atoms with E-state index >= 15 is 0 Å². The Bertz CT molecular complexity index is 1990. The molecule has 0 saturated heterocycles. The predicted molar refractivity (Wildman–Crippen MR) is 194 cm³/mol. The summed E-state index contributed by atoms with van der Waals surface area (Å²) < 4.78 is 20.2. The normalized spacial score (nSPS) is 21.1. The maximum Gasteiger partial charge on any atom is 0.212 e. The van der Waals surface area contributed by atoms with Gasteiger partial charge in [-0.25, -0.2) is 0 Å². The fraction of sp³-hybridized carbons (Fsp3) is 0.415. The van der Waals surface area contributed by atoms with Gasteiger partial charge in [0.05, 0.1) is 5.54 Å². The summed E-state index contributed by atoms with van der Waals surface area (Å²) in [7, 11) is 12.4. The van der Waals surface area contributed by atoms with Crippen molar-refractivity contribution in [3.63, 3.8) is 0 Å². The first-order valence-electron chi connectivity index (χ1n) is 17.7. The molecule has 0 spiro atoms. The molecule has 0 fully saturated rings. The molecule has 5 heterocycles. The lowest BCUT2D eigenvalue weighted by atomic mass is 9.75.